The number of benzene rings is 1. The summed E-state index contributed by atoms with van der Waals surface area (Å²) in [6.45, 7) is 6.91. The predicted octanol–water partition coefficient (Wildman–Crippen LogP) is 1.86. The van der Waals surface area contributed by atoms with E-state index in [0.29, 0.717) is 12.5 Å². The van der Waals surface area contributed by atoms with Gasteiger partial charge in [-0.2, -0.15) is 0 Å². The maximum absolute atomic E-state index is 10.1. The summed E-state index contributed by atoms with van der Waals surface area (Å²) in [4.78, 5) is 4.43. The van der Waals surface area contributed by atoms with Gasteiger partial charge >= 0.3 is 0 Å². The van der Waals surface area contributed by atoms with Crippen LogP contribution in [0, 0.1) is 0 Å². The molecule has 0 aliphatic carbocycles. The van der Waals surface area contributed by atoms with Crippen LogP contribution in [0.4, 0.5) is 0 Å². The Morgan fingerprint density at radius 1 is 1.36 bits per heavy atom. The van der Waals surface area contributed by atoms with E-state index in [1.807, 2.05) is 44.2 Å². The molecule has 1 aliphatic heterocycles. The molecule has 1 aliphatic rings. The Morgan fingerprint density at radius 3 is 2.84 bits per heavy atom. The van der Waals surface area contributed by atoms with Crippen LogP contribution in [0.3, 0.4) is 0 Å². The van der Waals surface area contributed by atoms with Crippen molar-refractivity contribution in [2.45, 2.75) is 45.0 Å². The lowest BCUT2D eigenvalue weighted by atomic mass is 10.1. The van der Waals surface area contributed by atoms with Gasteiger partial charge in [0, 0.05) is 19.7 Å². The largest absolute Gasteiger partial charge is 0.389 e. The van der Waals surface area contributed by atoms with Gasteiger partial charge in [0.15, 0.2) is 5.96 Å². The van der Waals surface area contributed by atoms with Crippen LogP contribution >= 0.6 is 0 Å². The van der Waals surface area contributed by atoms with Gasteiger partial charge in [0.1, 0.15) is 0 Å². The van der Waals surface area contributed by atoms with Crippen molar-refractivity contribution < 1.29 is 14.6 Å². The molecule has 3 N–H and O–H groups in total. The molecule has 0 amide bonds. The third-order valence-corrected chi connectivity index (χ3v) is 4.13. The van der Waals surface area contributed by atoms with Crippen LogP contribution < -0.4 is 10.6 Å². The zero-order valence-corrected chi connectivity index (χ0v) is 15.3. The molecule has 0 saturated carbocycles. The molecular weight excluding hydrogens is 318 g/mol. The van der Waals surface area contributed by atoms with Crippen molar-refractivity contribution in [3.8, 4) is 0 Å². The molecule has 140 valence electrons. The second-order valence-electron chi connectivity index (χ2n) is 6.28. The molecule has 2 rings (SSSR count). The topological polar surface area (TPSA) is 75.1 Å². The van der Waals surface area contributed by atoms with Gasteiger partial charge in [-0.3, -0.25) is 4.99 Å². The van der Waals surface area contributed by atoms with Gasteiger partial charge < -0.3 is 25.2 Å². The molecule has 0 aromatic heterocycles. The summed E-state index contributed by atoms with van der Waals surface area (Å²) in [5.41, 5.74) is 1.10. The van der Waals surface area contributed by atoms with Crippen molar-refractivity contribution in [2.24, 2.45) is 4.99 Å². The fourth-order valence-electron chi connectivity index (χ4n) is 2.68. The van der Waals surface area contributed by atoms with E-state index in [0.717, 1.165) is 38.1 Å². The summed E-state index contributed by atoms with van der Waals surface area (Å²) in [6, 6.07) is 9.99. The van der Waals surface area contributed by atoms with Crippen LogP contribution in [0.1, 0.15) is 38.4 Å². The van der Waals surface area contributed by atoms with E-state index in [4.69, 9.17) is 9.47 Å². The second kappa shape index (κ2) is 11.1. The third kappa shape index (κ3) is 7.42. The number of rotatable bonds is 9. The van der Waals surface area contributed by atoms with Gasteiger partial charge in [-0.1, -0.05) is 30.3 Å². The minimum Gasteiger partial charge on any atom is -0.389 e. The monoisotopic (exact) mass is 349 g/mol. The van der Waals surface area contributed by atoms with Crippen LogP contribution in [0.15, 0.2) is 35.3 Å². The number of nitrogens with zero attached hydrogens (tertiary/aromatic N) is 1. The van der Waals surface area contributed by atoms with Gasteiger partial charge in [-0.15, -0.1) is 0 Å². The number of hydrogen-bond acceptors (Lipinski definition) is 4. The molecule has 0 spiro atoms. The van der Waals surface area contributed by atoms with Crippen molar-refractivity contribution in [3.63, 3.8) is 0 Å². The Kier molecular flexibility index (Phi) is 8.72. The fraction of sp³-hybridized carbons (Fsp3) is 0.632. The maximum Gasteiger partial charge on any atom is 0.191 e. The Morgan fingerprint density at radius 2 is 2.16 bits per heavy atom. The summed E-state index contributed by atoms with van der Waals surface area (Å²) < 4.78 is 11.3. The first kappa shape index (κ1) is 19.7. The quantitative estimate of drug-likeness (QED) is 0.469. The first-order valence-corrected chi connectivity index (χ1v) is 9.17. The number of aliphatic hydroxyl groups is 1. The molecule has 0 radical (unpaired) electrons. The number of aliphatic hydroxyl groups excluding tert-OH is 1. The summed E-state index contributed by atoms with van der Waals surface area (Å²) in [7, 11) is 0. The first-order valence-electron chi connectivity index (χ1n) is 9.17. The Bertz CT molecular complexity index is 504. The molecule has 1 saturated heterocycles. The van der Waals surface area contributed by atoms with Crippen molar-refractivity contribution in [3.05, 3.63) is 35.9 Å². The smallest absolute Gasteiger partial charge is 0.191 e. The lowest BCUT2D eigenvalue weighted by Crippen LogP contribution is -2.41. The number of guanidine groups is 1. The molecule has 3 unspecified atom stereocenters. The van der Waals surface area contributed by atoms with Crippen LogP contribution in [-0.4, -0.2) is 56.1 Å². The van der Waals surface area contributed by atoms with Gasteiger partial charge in [-0.25, -0.2) is 0 Å². The van der Waals surface area contributed by atoms with Crippen LogP contribution in [0.25, 0.3) is 0 Å². The lowest BCUT2D eigenvalue weighted by Gasteiger charge is -2.17. The summed E-state index contributed by atoms with van der Waals surface area (Å²) in [5, 5.41) is 16.6. The highest BCUT2D eigenvalue weighted by atomic mass is 16.5. The van der Waals surface area contributed by atoms with Gasteiger partial charge in [0.05, 0.1) is 31.5 Å². The standard InChI is InChI=1S/C19H31N3O3/c1-3-20-19(22-13-18-10-7-11-24-18)21-12-17(23)14-25-15(2)16-8-5-4-6-9-16/h4-6,8-9,15,17-18,23H,3,7,10-14H2,1-2H3,(H2,20,21,22). The van der Waals surface area contributed by atoms with E-state index in [9.17, 15) is 5.11 Å². The number of hydrogen-bond donors (Lipinski definition) is 3. The minimum absolute atomic E-state index is 0.0503. The van der Waals surface area contributed by atoms with E-state index in [1.54, 1.807) is 0 Å². The number of ether oxygens (including phenoxy) is 2. The SMILES string of the molecule is CCNC(=NCC(O)COC(C)c1ccccc1)NCC1CCCO1. The van der Waals surface area contributed by atoms with Gasteiger partial charge in [0.2, 0.25) is 0 Å². The average Bonchev–Trinajstić information content (AvgIpc) is 3.16. The molecule has 25 heavy (non-hydrogen) atoms. The maximum atomic E-state index is 10.1. The molecular formula is C19H31N3O3. The van der Waals surface area contributed by atoms with E-state index in [1.165, 1.54) is 0 Å². The van der Waals surface area contributed by atoms with E-state index in [-0.39, 0.29) is 18.8 Å². The van der Waals surface area contributed by atoms with Crippen molar-refractivity contribution in [1.82, 2.24) is 10.6 Å². The lowest BCUT2D eigenvalue weighted by molar-refractivity contribution is 0.00111. The fourth-order valence-corrected chi connectivity index (χ4v) is 2.68. The molecule has 1 fully saturated rings. The second-order valence-corrected chi connectivity index (χ2v) is 6.28. The van der Waals surface area contributed by atoms with E-state index < -0.39 is 6.10 Å². The zero-order chi connectivity index (χ0) is 17.9. The van der Waals surface area contributed by atoms with Crippen LogP contribution in [0.2, 0.25) is 0 Å². The van der Waals surface area contributed by atoms with Crippen molar-refractivity contribution in [1.29, 1.82) is 0 Å². The normalized spacial score (nSPS) is 20.3. The molecule has 1 aromatic rings. The highest BCUT2D eigenvalue weighted by Crippen LogP contribution is 2.16. The Labute approximate surface area is 150 Å². The van der Waals surface area contributed by atoms with E-state index in [2.05, 4.69) is 15.6 Å². The van der Waals surface area contributed by atoms with Crippen LogP contribution in [-0.2, 0) is 9.47 Å². The minimum atomic E-state index is -0.635. The van der Waals surface area contributed by atoms with Gasteiger partial charge in [-0.05, 0) is 32.3 Å². The molecule has 6 nitrogen and oxygen atoms in total. The highest BCUT2D eigenvalue weighted by Gasteiger charge is 2.15. The van der Waals surface area contributed by atoms with Crippen molar-refractivity contribution >= 4 is 5.96 Å². The summed E-state index contributed by atoms with van der Waals surface area (Å²) in [6.07, 6.45) is 1.77. The molecule has 0 bridgehead atoms. The zero-order valence-electron chi connectivity index (χ0n) is 15.3. The molecule has 6 heteroatoms. The predicted molar refractivity (Wildman–Crippen MR) is 99.8 cm³/mol. The first-order chi connectivity index (χ1) is 12.2. The van der Waals surface area contributed by atoms with E-state index >= 15 is 0 Å². The Hall–Kier alpha value is -1.63. The summed E-state index contributed by atoms with van der Waals surface area (Å²) >= 11 is 0. The number of aliphatic imine (C=N–C) groups is 1. The number of nitrogens with one attached hydrogen (secondary N) is 2. The summed E-state index contributed by atoms with van der Waals surface area (Å²) in [5.74, 6) is 0.702. The molecule has 1 aromatic carbocycles. The van der Waals surface area contributed by atoms with Crippen LogP contribution in [0.5, 0.6) is 0 Å². The van der Waals surface area contributed by atoms with Gasteiger partial charge in [0.25, 0.3) is 0 Å². The third-order valence-electron chi connectivity index (χ3n) is 4.13. The Balaban J connectivity index is 1.72. The molecule has 1 heterocycles. The average molecular weight is 349 g/mol. The van der Waals surface area contributed by atoms with Crippen molar-refractivity contribution in [2.75, 3.05) is 32.8 Å². The highest BCUT2D eigenvalue weighted by molar-refractivity contribution is 5.79. The molecule has 3 atom stereocenters.